The van der Waals surface area contributed by atoms with E-state index in [0.717, 1.165) is 20.0 Å². The molecule has 0 saturated carbocycles. The van der Waals surface area contributed by atoms with Crippen molar-refractivity contribution in [2.24, 2.45) is 11.7 Å². The average molecular weight is 241 g/mol. The normalized spacial score (nSPS) is 15.6. The third-order valence-corrected chi connectivity index (χ3v) is 2.43. The van der Waals surface area contributed by atoms with Gasteiger partial charge in [-0.2, -0.15) is 13.2 Å². The van der Waals surface area contributed by atoms with Crippen molar-refractivity contribution >= 4 is 5.97 Å². The Morgan fingerprint density at radius 3 is 2.31 bits per heavy atom. The second kappa shape index (κ2) is 6.73. The van der Waals surface area contributed by atoms with Crippen molar-refractivity contribution in [3.05, 3.63) is 0 Å². The van der Waals surface area contributed by atoms with Gasteiger partial charge in [0.1, 0.15) is 6.04 Å². The first-order chi connectivity index (χ1) is 7.34. The molecule has 0 spiro atoms. The standard InChI is InChI=1S/C10H18F3NO2/c1-3-4-5-6-7(9(15)16-2)8(14)10(11,12)13/h7-8H,3-6,14H2,1-2H3/t7-,8-/m1/s1. The lowest BCUT2D eigenvalue weighted by Crippen LogP contribution is -2.47. The fourth-order valence-electron chi connectivity index (χ4n) is 1.44. The molecule has 0 amide bonds. The van der Waals surface area contributed by atoms with E-state index in [1.54, 1.807) is 0 Å². The minimum atomic E-state index is -4.56. The number of halogens is 3. The van der Waals surface area contributed by atoms with Gasteiger partial charge in [0, 0.05) is 0 Å². The Balaban J connectivity index is 4.48. The number of hydrogen-bond acceptors (Lipinski definition) is 3. The van der Waals surface area contributed by atoms with Gasteiger partial charge < -0.3 is 10.5 Å². The van der Waals surface area contributed by atoms with Gasteiger partial charge in [0.15, 0.2) is 0 Å². The van der Waals surface area contributed by atoms with Crippen LogP contribution in [0.2, 0.25) is 0 Å². The molecule has 0 aliphatic rings. The number of hydrogen-bond donors (Lipinski definition) is 1. The van der Waals surface area contributed by atoms with Crippen LogP contribution in [0.5, 0.6) is 0 Å². The van der Waals surface area contributed by atoms with Gasteiger partial charge >= 0.3 is 12.1 Å². The van der Waals surface area contributed by atoms with E-state index in [4.69, 9.17) is 5.73 Å². The molecular weight excluding hydrogens is 223 g/mol. The molecule has 0 saturated heterocycles. The predicted octanol–water partition coefficient (Wildman–Crippen LogP) is 2.25. The Labute approximate surface area is 93.1 Å². The zero-order valence-electron chi connectivity index (χ0n) is 9.51. The minimum Gasteiger partial charge on any atom is -0.469 e. The monoisotopic (exact) mass is 241 g/mol. The van der Waals surface area contributed by atoms with Crippen LogP contribution in [-0.4, -0.2) is 25.3 Å². The van der Waals surface area contributed by atoms with Crippen molar-refractivity contribution in [2.75, 3.05) is 7.11 Å². The molecule has 2 atom stereocenters. The Hall–Kier alpha value is -0.780. The van der Waals surface area contributed by atoms with Crippen LogP contribution in [0.15, 0.2) is 0 Å². The Morgan fingerprint density at radius 1 is 1.38 bits per heavy atom. The number of carbonyl (C=O) groups excluding carboxylic acids is 1. The number of nitrogens with two attached hydrogens (primary N) is 1. The second-order valence-electron chi connectivity index (χ2n) is 3.69. The lowest BCUT2D eigenvalue weighted by Gasteiger charge is -2.23. The lowest BCUT2D eigenvalue weighted by atomic mass is 9.93. The van der Waals surface area contributed by atoms with Crippen molar-refractivity contribution in [3.63, 3.8) is 0 Å². The molecule has 0 bridgehead atoms. The summed E-state index contributed by atoms with van der Waals surface area (Å²) in [6.45, 7) is 1.93. The highest BCUT2D eigenvalue weighted by atomic mass is 19.4. The SMILES string of the molecule is CCCCC[C@@H](C(=O)OC)[C@@H](N)C(F)(F)F. The minimum absolute atomic E-state index is 0.112. The summed E-state index contributed by atoms with van der Waals surface area (Å²) in [4.78, 5) is 11.2. The van der Waals surface area contributed by atoms with E-state index in [1.807, 2.05) is 6.92 Å². The number of methoxy groups -OCH3 is 1. The Kier molecular flexibility index (Phi) is 6.40. The molecule has 0 aliphatic heterocycles. The van der Waals surface area contributed by atoms with Crippen LogP contribution in [0, 0.1) is 5.92 Å². The molecule has 3 nitrogen and oxygen atoms in total. The summed E-state index contributed by atoms with van der Waals surface area (Å²) >= 11 is 0. The number of carbonyl (C=O) groups is 1. The maximum atomic E-state index is 12.4. The molecule has 96 valence electrons. The maximum absolute atomic E-state index is 12.4. The summed E-state index contributed by atoms with van der Waals surface area (Å²) in [5.74, 6) is -2.18. The molecule has 0 fully saturated rings. The Bertz CT molecular complexity index is 219. The lowest BCUT2D eigenvalue weighted by molar-refractivity contribution is -0.175. The molecule has 0 radical (unpaired) electrons. The second-order valence-corrected chi connectivity index (χ2v) is 3.69. The zero-order valence-corrected chi connectivity index (χ0v) is 9.51. The highest BCUT2D eigenvalue weighted by molar-refractivity contribution is 5.73. The summed E-state index contributed by atoms with van der Waals surface area (Å²) in [7, 11) is 1.07. The number of ether oxygens (including phenoxy) is 1. The molecule has 0 unspecified atom stereocenters. The first-order valence-corrected chi connectivity index (χ1v) is 5.24. The molecule has 2 N–H and O–H groups in total. The van der Waals surface area contributed by atoms with Crippen molar-refractivity contribution in [1.29, 1.82) is 0 Å². The molecule has 6 heteroatoms. The predicted molar refractivity (Wildman–Crippen MR) is 53.7 cm³/mol. The van der Waals surface area contributed by atoms with Crippen LogP contribution in [0.1, 0.15) is 32.6 Å². The van der Waals surface area contributed by atoms with E-state index in [0.29, 0.717) is 6.42 Å². The molecule has 16 heavy (non-hydrogen) atoms. The highest BCUT2D eigenvalue weighted by Gasteiger charge is 2.45. The summed E-state index contributed by atoms with van der Waals surface area (Å²) in [5, 5.41) is 0. The van der Waals surface area contributed by atoms with E-state index < -0.39 is 24.1 Å². The number of alkyl halides is 3. The van der Waals surface area contributed by atoms with E-state index in [1.165, 1.54) is 0 Å². The third kappa shape index (κ3) is 4.83. The first kappa shape index (κ1) is 15.2. The fourth-order valence-corrected chi connectivity index (χ4v) is 1.44. The third-order valence-electron chi connectivity index (χ3n) is 2.43. The smallest absolute Gasteiger partial charge is 0.404 e. The molecule has 0 aliphatic carbocycles. The summed E-state index contributed by atoms with van der Waals surface area (Å²) in [6, 6.07) is -2.14. The summed E-state index contributed by atoms with van der Waals surface area (Å²) in [6.07, 6.45) is -2.26. The molecule has 0 aromatic rings. The number of unbranched alkanes of at least 4 members (excludes halogenated alkanes) is 2. The van der Waals surface area contributed by atoms with Crippen molar-refractivity contribution < 1.29 is 22.7 Å². The van der Waals surface area contributed by atoms with Gasteiger partial charge in [-0.15, -0.1) is 0 Å². The summed E-state index contributed by atoms with van der Waals surface area (Å²) < 4.78 is 41.5. The molecule has 0 heterocycles. The van der Waals surface area contributed by atoms with Gasteiger partial charge in [-0.3, -0.25) is 4.79 Å². The fraction of sp³-hybridized carbons (Fsp3) is 0.900. The highest BCUT2D eigenvalue weighted by Crippen LogP contribution is 2.27. The quantitative estimate of drug-likeness (QED) is 0.573. The molecular formula is C10H18F3NO2. The van der Waals surface area contributed by atoms with Gasteiger partial charge in [-0.25, -0.2) is 0 Å². The van der Waals surface area contributed by atoms with Crippen LogP contribution in [-0.2, 0) is 9.53 Å². The van der Waals surface area contributed by atoms with Crippen molar-refractivity contribution in [3.8, 4) is 0 Å². The van der Waals surface area contributed by atoms with Crippen LogP contribution >= 0.6 is 0 Å². The van der Waals surface area contributed by atoms with Crippen LogP contribution in [0.4, 0.5) is 13.2 Å². The maximum Gasteiger partial charge on any atom is 0.404 e. The Morgan fingerprint density at radius 2 is 1.94 bits per heavy atom. The average Bonchev–Trinajstić information content (AvgIpc) is 2.21. The van der Waals surface area contributed by atoms with E-state index >= 15 is 0 Å². The summed E-state index contributed by atoms with van der Waals surface area (Å²) in [5.41, 5.74) is 5.03. The first-order valence-electron chi connectivity index (χ1n) is 5.24. The number of esters is 1. The van der Waals surface area contributed by atoms with Gasteiger partial charge in [0.05, 0.1) is 13.0 Å². The van der Waals surface area contributed by atoms with E-state index in [9.17, 15) is 18.0 Å². The van der Waals surface area contributed by atoms with E-state index in [2.05, 4.69) is 4.74 Å². The van der Waals surface area contributed by atoms with Gasteiger partial charge in [0.25, 0.3) is 0 Å². The molecule has 0 aromatic heterocycles. The van der Waals surface area contributed by atoms with Crippen LogP contribution in [0.3, 0.4) is 0 Å². The van der Waals surface area contributed by atoms with Gasteiger partial charge in [-0.1, -0.05) is 26.2 Å². The van der Waals surface area contributed by atoms with Crippen LogP contribution in [0.25, 0.3) is 0 Å². The van der Waals surface area contributed by atoms with Gasteiger partial charge in [-0.05, 0) is 6.42 Å². The molecule has 0 aromatic carbocycles. The largest absolute Gasteiger partial charge is 0.469 e. The van der Waals surface area contributed by atoms with Gasteiger partial charge in [0.2, 0.25) is 0 Å². The molecule has 0 rings (SSSR count). The number of rotatable bonds is 6. The van der Waals surface area contributed by atoms with E-state index in [-0.39, 0.29) is 6.42 Å². The van der Waals surface area contributed by atoms with Crippen molar-refractivity contribution in [2.45, 2.75) is 44.8 Å². The topological polar surface area (TPSA) is 52.3 Å². The van der Waals surface area contributed by atoms with Crippen LogP contribution < -0.4 is 5.73 Å². The van der Waals surface area contributed by atoms with Crippen molar-refractivity contribution in [1.82, 2.24) is 0 Å². The zero-order chi connectivity index (χ0) is 12.8.